The number of carbonyl (C=O) groups is 4. The van der Waals surface area contributed by atoms with Crippen LogP contribution in [0.15, 0.2) is 97.1 Å². The van der Waals surface area contributed by atoms with E-state index >= 15 is 0 Å². The maximum atomic E-state index is 13.3. The Morgan fingerprint density at radius 3 is 1.46 bits per heavy atom. The molecule has 22 heteroatoms. The van der Waals surface area contributed by atoms with Gasteiger partial charge < -0.3 is 47.5 Å². The number of phenols is 1. The molecule has 0 saturated heterocycles. The smallest absolute Gasteiger partial charge is 0.506 e. The van der Waals surface area contributed by atoms with Crippen molar-refractivity contribution in [2.75, 3.05) is 36.1 Å². The largest absolute Gasteiger partial charge is 0.534 e. The number of aromatic hydroxyl groups is 1. The highest BCUT2D eigenvalue weighted by molar-refractivity contribution is 7.88. The first-order valence-corrected chi connectivity index (χ1v) is 30.9. The van der Waals surface area contributed by atoms with E-state index in [4.69, 9.17) is 51.6 Å². The van der Waals surface area contributed by atoms with E-state index in [2.05, 4.69) is 61.6 Å². The van der Waals surface area contributed by atoms with Crippen molar-refractivity contribution in [2.45, 2.75) is 134 Å². The number of alkyl halides is 3. The van der Waals surface area contributed by atoms with Gasteiger partial charge in [0.25, 0.3) is 0 Å². The zero-order valence-corrected chi connectivity index (χ0v) is 51.2. The van der Waals surface area contributed by atoms with Crippen molar-refractivity contribution >= 4 is 68.6 Å². The molecule has 0 amide bonds. The number of hydrogen-bond acceptors (Lipinski definition) is 16. The van der Waals surface area contributed by atoms with Gasteiger partial charge in [-0.25, -0.2) is 9.59 Å². The van der Waals surface area contributed by atoms with Crippen molar-refractivity contribution in [3.8, 4) is 34.5 Å². The predicted molar refractivity (Wildman–Crippen MR) is 317 cm³/mol. The molecule has 6 heterocycles. The fourth-order valence-electron chi connectivity index (χ4n) is 13.6. The van der Waals surface area contributed by atoms with Crippen LogP contribution in [-0.4, -0.2) is 80.3 Å². The van der Waals surface area contributed by atoms with Crippen LogP contribution >= 0.6 is 23.2 Å². The van der Waals surface area contributed by atoms with Gasteiger partial charge >= 0.3 is 39.5 Å². The summed E-state index contributed by atoms with van der Waals surface area (Å²) in [7, 11) is -6.07. The van der Waals surface area contributed by atoms with Gasteiger partial charge in [-0.2, -0.15) is 21.6 Å². The van der Waals surface area contributed by atoms with Gasteiger partial charge in [-0.15, -0.1) is 0 Å². The van der Waals surface area contributed by atoms with Crippen LogP contribution in [0, 0.1) is 0 Å². The number of halogens is 5. The van der Waals surface area contributed by atoms with Crippen LogP contribution in [-0.2, 0) is 49.9 Å². The number of carbonyl (C=O) groups excluding carboxylic acids is 4. The molecule has 87 heavy (non-hydrogen) atoms. The molecule has 6 aromatic carbocycles. The van der Waals surface area contributed by atoms with E-state index in [0.717, 1.165) is 47.0 Å². The molecule has 4 unspecified atom stereocenters. The van der Waals surface area contributed by atoms with Crippen LogP contribution < -0.4 is 23.5 Å². The summed E-state index contributed by atoms with van der Waals surface area (Å²) in [6.07, 6.45) is 3.39. The molecule has 1 N–H and O–H groups in total. The first kappa shape index (κ1) is 61.0. The summed E-state index contributed by atoms with van der Waals surface area (Å²) in [6.45, 7) is 18.3. The monoisotopic (exact) mass is 1250 g/mol. The number of rotatable bonds is 12. The SMILES string of the molecule is CCOC(=O)CCCN1c2cc3c(cc2C(C)CC1(C)C)C1(OC(=O)c2ccccc21)c1cc(Cl)c(O)cc1O3.CCOC(=O)CCCN1c2cc3c(cc2C(C)CC1(C)C)C1(OC(=O)c2ccccc21)c1cc(Cl)c(OS(=O)(=O)C(F)(F)F)cc1O3. The van der Waals surface area contributed by atoms with E-state index in [1.165, 1.54) is 12.1 Å². The molecule has 4 atom stereocenters. The Balaban J connectivity index is 0.000000182. The van der Waals surface area contributed by atoms with E-state index in [0.29, 0.717) is 78.3 Å². The van der Waals surface area contributed by atoms with E-state index in [1.807, 2.05) is 37.3 Å². The third kappa shape index (κ3) is 10.3. The standard InChI is InChI=1S/C33H31ClF3NO8S.C32H32ClNO6/c1-5-43-29(39)11-8-12-38-25-15-26-22(13-20(25)18(2)17-31(38,3)4)32(21-10-7-6-9-19(21)30(40)45-32)23-14-24(34)28(16-27(23)44-26)46-47(41,42)33(35,36)37;1-5-38-29(36)11-8-12-34-25-15-27-22(13-20(25)18(2)17-31(34,3)4)32(21-10-7-6-9-19(21)30(37)40-32)23-14-24(33)26(35)16-28(23)39-27/h6-7,9-10,13-16,18H,5,8,11-12,17H2,1-4H3;6-7,9-10,13-16,18,35H,5,8,11-12,17H2,1-4H3. The molecular weight excluding hydrogens is 1190 g/mol. The van der Waals surface area contributed by atoms with Crippen molar-refractivity contribution in [3.63, 3.8) is 0 Å². The Hall–Kier alpha value is -7.68. The number of fused-ring (bicyclic) bond motifs is 14. The van der Waals surface area contributed by atoms with Crippen LogP contribution in [0.3, 0.4) is 0 Å². The Morgan fingerprint density at radius 2 is 1.02 bits per heavy atom. The summed E-state index contributed by atoms with van der Waals surface area (Å²) in [6, 6.07) is 27.1. The number of benzene rings is 6. The third-order valence-electron chi connectivity index (χ3n) is 17.2. The van der Waals surface area contributed by atoms with Gasteiger partial charge in [-0.1, -0.05) is 73.4 Å². The summed E-state index contributed by atoms with van der Waals surface area (Å²) in [5, 5.41) is 10.1. The van der Waals surface area contributed by atoms with Gasteiger partial charge in [0.15, 0.2) is 17.0 Å². The molecule has 0 bridgehead atoms. The highest BCUT2D eigenvalue weighted by Gasteiger charge is 2.57. The number of hydrogen-bond donors (Lipinski definition) is 1. The lowest BCUT2D eigenvalue weighted by atomic mass is 9.74. The van der Waals surface area contributed by atoms with Crippen LogP contribution in [0.25, 0.3) is 0 Å². The fraction of sp³-hybridized carbons (Fsp3) is 0.385. The average Bonchev–Trinajstić information content (AvgIpc) is 1.68. The first-order chi connectivity index (χ1) is 41.1. The third-order valence-corrected chi connectivity index (χ3v) is 18.7. The summed E-state index contributed by atoms with van der Waals surface area (Å²) < 4.78 is 103. The van der Waals surface area contributed by atoms with Crippen molar-refractivity contribution < 1.29 is 78.5 Å². The Bertz CT molecular complexity index is 3970. The quantitative estimate of drug-likeness (QED) is 0.0526. The number of esters is 4. The molecule has 458 valence electrons. The minimum atomic E-state index is -6.07. The Morgan fingerprint density at radius 1 is 0.621 bits per heavy atom. The fourth-order valence-corrected chi connectivity index (χ4v) is 14.5. The van der Waals surface area contributed by atoms with E-state index in [1.54, 1.807) is 49.4 Å². The highest BCUT2D eigenvalue weighted by Crippen LogP contribution is 2.62. The number of anilines is 2. The summed E-state index contributed by atoms with van der Waals surface area (Å²) in [4.78, 5) is 55.2. The van der Waals surface area contributed by atoms with Crippen LogP contribution in [0.4, 0.5) is 24.5 Å². The molecule has 2 spiro atoms. The minimum absolute atomic E-state index is 0.0457. The second-order valence-electron chi connectivity index (χ2n) is 23.8. The lowest BCUT2D eigenvalue weighted by molar-refractivity contribution is -0.144. The van der Waals surface area contributed by atoms with Gasteiger partial charge in [0, 0.05) is 106 Å². The van der Waals surface area contributed by atoms with E-state index in [-0.39, 0.29) is 81.3 Å². The average molecular weight is 1260 g/mol. The van der Waals surface area contributed by atoms with Gasteiger partial charge in [-0.05, 0) is 127 Å². The normalized spacial score (nSPS) is 21.2. The van der Waals surface area contributed by atoms with Crippen molar-refractivity contribution in [3.05, 3.63) is 163 Å². The lowest BCUT2D eigenvalue weighted by Crippen LogP contribution is -2.49. The topological polar surface area (TPSA) is 194 Å². The summed E-state index contributed by atoms with van der Waals surface area (Å²) in [5.41, 5.74) is -1.39. The molecule has 6 aromatic rings. The Labute approximate surface area is 511 Å². The van der Waals surface area contributed by atoms with Crippen LogP contribution in [0.5, 0.6) is 34.5 Å². The second kappa shape index (κ2) is 22.2. The first-order valence-electron chi connectivity index (χ1n) is 28.7. The molecule has 6 aliphatic heterocycles. The Kier molecular flexibility index (Phi) is 15.5. The molecule has 0 fully saturated rings. The predicted octanol–water partition coefficient (Wildman–Crippen LogP) is 14.6. The number of nitrogens with zero attached hydrogens (tertiary/aromatic N) is 2. The number of ether oxygens (including phenoxy) is 6. The second-order valence-corrected chi connectivity index (χ2v) is 26.1. The number of phenolic OH excluding ortho intramolecular Hbond substituents is 1. The van der Waals surface area contributed by atoms with Crippen molar-refractivity contribution in [1.29, 1.82) is 0 Å². The molecule has 0 aliphatic carbocycles. The molecule has 0 saturated carbocycles. The maximum Gasteiger partial charge on any atom is 0.534 e. The van der Waals surface area contributed by atoms with Gasteiger partial charge in [0.2, 0.25) is 0 Å². The lowest BCUT2D eigenvalue weighted by Gasteiger charge is -2.48. The zero-order chi connectivity index (χ0) is 62.5. The molecular formula is C65H63Cl2F3N2O14S. The van der Waals surface area contributed by atoms with Crippen LogP contribution in [0.1, 0.15) is 171 Å². The van der Waals surface area contributed by atoms with E-state index in [9.17, 15) is 45.9 Å². The van der Waals surface area contributed by atoms with Crippen LogP contribution in [0.2, 0.25) is 10.0 Å². The van der Waals surface area contributed by atoms with E-state index < -0.39 is 49.5 Å². The summed E-state index contributed by atoms with van der Waals surface area (Å²) >= 11 is 12.7. The molecule has 16 nitrogen and oxygen atoms in total. The highest BCUT2D eigenvalue weighted by atomic mass is 35.5. The molecule has 0 radical (unpaired) electrons. The van der Waals surface area contributed by atoms with Crippen molar-refractivity contribution in [1.82, 2.24) is 0 Å². The van der Waals surface area contributed by atoms with Gasteiger partial charge in [0.1, 0.15) is 28.7 Å². The molecule has 0 aromatic heterocycles. The summed E-state index contributed by atoms with van der Waals surface area (Å²) in [5.74, 6) is -1.20. The maximum absolute atomic E-state index is 13.3. The molecule has 6 aliphatic rings. The minimum Gasteiger partial charge on any atom is -0.506 e. The molecule has 12 rings (SSSR count). The van der Waals surface area contributed by atoms with Gasteiger partial charge in [-0.3, -0.25) is 9.59 Å². The zero-order valence-electron chi connectivity index (χ0n) is 48.9. The van der Waals surface area contributed by atoms with Crippen molar-refractivity contribution in [2.24, 2.45) is 0 Å². The van der Waals surface area contributed by atoms with Gasteiger partial charge in [0.05, 0.1) is 34.4 Å².